The molecule has 0 unspecified atom stereocenters. The number of benzene rings is 1. The summed E-state index contributed by atoms with van der Waals surface area (Å²) in [5, 5.41) is 0. The molecular formula is C23H35S+. The SMILES string of the molecule is C=C.C=C(c1ccc(C2CCCCC2)cc1)C(C)(C)[S+]1CCCC1. The third-order valence-corrected chi connectivity index (χ3v) is 9.07. The van der Waals surface area contributed by atoms with Gasteiger partial charge in [-0.2, -0.15) is 0 Å². The summed E-state index contributed by atoms with van der Waals surface area (Å²) in [4.78, 5) is 0. The Balaban J connectivity index is 0.00000100. The smallest absolute Gasteiger partial charge is 0.106 e. The second kappa shape index (κ2) is 8.94. The van der Waals surface area contributed by atoms with Crippen molar-refractivity contribution in [2.45, 2.75) is 69.5 Å². The Morgan fingerprint density at radius 2 is 1.46 bits per heavy atom. The van der Waals surface area contributed by atoms with Gasteiger partial charge in [0.2, 0.25) is 0 Å². The lowest BCUT2D eigenvalue weighted by Gasteiger charge is -2.27. The van der Waals surface area contributed by atoms with E-state index in [0.29, 0.717) is 10.9 Å². The summed E-state index contributed by atoms with van der Waals surface area (Å²) in [5.74, 6) is 3.62. The van der Waals surface area contributed by atoms with Crippen molar-refractivity contribution in [1.82, 2.24) is 0 Å². The van der Waals surface area contributed by atoms with Gasteiger partial charge in [0.05, 0.1) is 0 Å². The van der Waals surface area contributed by atoms with Crippen molar-refractivity contribution in [3.05, 3.63) is 55.1 Å². The lowest BCUT2D eigenvalue weighted by molar-refractivity contribution is 0.443. The molecule has 132 valence electrons. The Morgan fingerprint density at radius 3 is 2.00 bits per heavy atom. The van der Waals surface area contributed by atoms with Crippen molar-refractivity contribution >= 4 is 16.5 Å². The molecule has 1 aliphatic heterocycles. The third kappa shape index (κ3) is 4.36. The van der Waals surface area contributed by atoms with Crippen molar-refractivity contribution in [3.8, 4) is 0 Å². The van der Waals surface area contributed by atoms with Crippen LogP contribution in [0.15, 0.2) is 44.0 Å². The van der Waals surface area contributed by atoms with Crippen LogP contribution in [0.2, 0.25) is 0 Å². The van der Waals surface area contributed by atoms with Crippen molar-refractivity contribution in [2.75, 3.05) is 11.5 Å². The predicted octanol–water partition coefficient (Wildman–Crippen LogP) is 6.74. The zero-order valence-corrected chi connectivity index (χ0v) is 16.6. The quantitative estimate of drug-likeness (QED) is 0.419. The van der Waals surface area contributed by atoms with Crippen LogP contribution >= 0.6 is 0 Å². The molecule has 2 fully saturated rings. The minimum absolute atomic E-state index is 0.267. The third-order valence-electron chi connectivity index (χ3n) is 5.82. The number of rotatable bonds is 4. The first kappa shape index (κ1) is 19.4. The molecule has 1 aromatic rings. The lowest BCUT2D eigenvalue weighted by Crippen LogP contribution is -2.34. The minimum atomic E-state index is 0.267. The molecule has 2 aliphatic rings. The highest BCUT2D eigenvalue weighted by Gasteiger charge is 2.43. The molecule has 1 saturated carbocycles. The molecule has 0 amide bonds. The van der Waals surface area contributed by atoms with Gasteiger partial charge in [-0.3, -0.25) is 0 Å². The molecule has 0 nitrogen and oxygen atoms in total. The van der Waals surface area contributed by atoms with Crippen molar-refractivity contribution < 1.29 is 0 Å². The topological polar surface area (TPSA) is 0 Å². The molecule has 3 rings (SSSR count). The van der Waals surface area contributed by atoms with E-state index in [0.717, 1.165) is 5.92 Å². The highest BCUT2D eigenvalue weighted by Crippen LogP contribution is 2.38. The molecule has 0 spiro atoms. The van der Waals surface area contributed by atoms with Crippen molar-refractivity contribution in [3.63, 3.8) is 0 Å². The van der Waals surface area contributed by atoms with Gasteiger partial charge in [0, 0.05) is 5.57 Å². The maximum Gasteiger partial charge on any atom is 0.147 e. The van der Waals surface area contributed by atoms with Crippen molar-refractivity contribution in [2.24, 2.45) is 0 Å². The fourth-order valence-corrected chi connectivity index (χ4v) is 6.88. The van der Waals surface area contributed by atoms with Gasteiger partial charge in [0.25, 0.3) is 0 Å². The second-order valence-corrected chi connectivity index (χ2v) is 10.4. The summed E-state index contributed by atoms with van der Waals surface area (Å²) in [6, 6.07) is 9.44. The first-order valence-electron chi connectivity index (χ1n) is 9.56. The monoisotopic (exact) mass is 343 g/mol. The molecule has 0 bridgehead atoms. The molecule has 0 atom stereocenters. The Morgan fingerprint density at radius 1 is 0.917 bits per heavy atom. The molecule has 1 heteroatoms. The molecule has 1 heterocycles. The van der Waals surface area contributed by atoms with E-state index >= 15 is 0 Å². The van der Waals surface area contributed by atoms with Gasteiger partial charge in [-0.25, -0.2) is 0 Å². The van der Waals surface area contributed by atoms with E-state index in [-0.39, 0.29) is 4.75 Å². The Labute approximate surface area is 152 Å². The summed E-state index contributed by atoms with van der Waals surface area (Å²) < 4.78 is 0.267. The first-order chi connectivity index (χ1) is 11.6. The molecule has 0 N–H and O–H groups in total. The van der Waals surface area contributed by atoms with Crippen LogP contribution in [-0.4, -0.2) is 16.3 Å². The highest BCUT2D eigenvalue weighted by molar-refractivity contribution is 7.98. The van der Waals surface area contributed by atoms with Crippen LogP contribution in [0.5, 0.6) is 0 Å². The minimum Gasteiger partial charge on any atom is -0.106 e. The molecular weight excluding hydrogens is 308 g/mol. The standard InChI is InChI=1S/C21H31S.C2H4/c1-17(21(2,3)22-15-7-8-16-22)18-11-13-20(14-12-18)19-9-5-4-6-10-19;1-2/h11-14,19H,1,4-10,15-16H2,2-3H3;1-2H2/q+1;. The summed E-state index contributed by atoms with van der Waals surface area (Å²) >= 11 is 0. The van der Waals surface area contributed by atoms with Crippen LogP contribution in [0.3, 0.4) is 0 Å². The predicted molar refractivity (Wildman–Crippen MR) is 113 cm³/mol. The normalized spacial score (nSPS) is 19.6. The average molecular weight is 344 g/mol. The second-order valence-electron chi connectivity index (χ2n) is 7.55. The summed E-state index contributed by atoms with van der Waals surface area (Å²) in [6.07, 6.45) is 9.86. The van der Waals surface area contributed by atoms with E-state index in [1.807, 2.05) is 0 Å². The van der Waals surface area contributed by atoms with Crippen LogP contribution < -0.4 is 0 Å². The lowest BCUT2D eigenvalue weighted by atomic mass is 9.83. The van der Waals surface area contributed by atoms with E-state index in [4.69, 9.17) is 0 Å². The van der Waals surface area contributed by atoms with Crippen LogP contribution in [0.1, 0.15) is 75.8 Å². The van der Waals surface area contributed by atoms with Crippen LogP contribution in [0.25, 0.3) is 5.57 Å². The zero-order valence-electron chi connectivity index (χ0n) is 15.8. The van der Waals surface area contributed by atoms with Crippen LogP contribution in [-0.2, 0) is 10.9 Å². The molecule has 1 aromatic carbocycles. The van der Waals surface area contributed by atoms with E-state index in [9.17, 15) is 0 Å². The number of hydrogen-bond donors (Lipinski definition) is 0. The summed E-state index contributed by atoms with van der Waals surface area (Å²) in [5.41, 5.74) is 4.27. The molecule has 0 radical (unpaired) electrons. The van der Waals surface area contributed by atoms with Gasteiger partial charge in [0.15, 0.2) is 0 Å². The highest BCUT2D eigenvalue weighted by atomic mass is 32.2. The van der Waals surface area contributed by atoms with Gasteiger partial charge in [-0.15, -0.1) is 13.2 Å². The fourth-order valence-electron chi connectivity index (χ4n) is 4.08. The first-order valence-corrected chi connectivity index (χ1v) is 11.1. The Bertz CT molecular complexity index is 513. The average Bonchev–Trinajstić information content (AvgIpc) is 3.19. The Kier molecular flexibility index (Phi) is 7.22. The molecule has 0 aromatic heterocycles. The van der Waals surface area contributed by atoms with E-state index in [1.54, 1.807) is 5.56 Å². The summed E-state index contributed by atoms with van der Waals surface area (Å²) in [6.45, 7) is 15.3. The summed E-state index contributed by atoms with van der Waals surface area (Å²) in [7, 11) is 0.523. The molecule has 1 saturated heterocycles. The van der Waals surface area contributed by atoms with E-state index in [2.05, 4.69) is 57.8 Å². The Hall–Kier alpha value is -0.950. The van der Waals surface area contributed by atoms with Crippen molar-refractivity contribution in [1.29, 1.82) is 0 Å². The fraction of sp³-hybridized carbons (Fsp3) is 0.565. The van der Waals surface area contributed by atoms with Crippen LogP contribution in [0, 0.1) is 0 Å². The van der Waals surface area contributed by atoms with E-state index in [1.165, 1.54) is 67.6 Å². The van der Waals surface area contributed by atoms with Gasteiger partial charge in [0.1, 0.15) is 16.3 Å². The largest absolute Gasteiger partial charge is 0.147 e. The maximum absolute atomic E-state index is 4.49. The van der Waals surface area contributed by atoms with Crippen LogP contribution in [0.4, 0.5) is 0 Å². The molecule has 1 aliphatic carbocycles. The van der Waals surface area contributed by atoms with Gasteiger partial charge < -0.3 is 0 Å². The van der Waals surface area contributed by atoms with Gasteiger partial charge in [-0.1, -0.05) is 50.1 Å². The molecule has 24 heavy (non-hydrogen) atoms. The van der Waals surface area contributed by atoms with E-state index < -0.39 is 0 Å². The maximum atomic E-state index is 4.49. The van der Waals surface area contributed by atoms with Gasteiger partial charge in [-0.05, 0) is 67.5 Å². The zero-order chi connectivity index (χ0) is 17.6. The van der Waals surface area contributed by atoms with Gasteiger partial charge >= 0.3 is 0 Å². The number of hydrogen-bond acceptors (Lipinski definition) is 0.